The van der Waals surface area contributed by atoms with Crippen LogP contribution in [0.15, 0.2) is 18.2 Å². The molecular weight excluding hydrogens is 286 g/mol. The van der Waals surface area contributed by atoms with Crippen LogP contribution in [0.2, 0.25) is 0 Å². The van der Waals surface area contributed by atoms with Crippen molar-refractivity contribution in [3.05, 3.63) is 35.4 Å². The smallest absolute Gasteiger partial charge is 0.127 e. The summed E-state index contributed by atoms with van der Waals surface area (Å²) >= 11 is 3.55. The van der Waals surface area contributed by atoms with Gasteiger partial charge in [0.15, 0.2) is 0 Å². The highest BCUT2D eigenvalue weighted by atomic mass is 79.9. The van der Waals surface area contributed by atoms with Gasteiger partial charge in [-0.15, -0.1) is 0 Å². The summed E-state index contributed by atoms with van der Waals surface area (Å²) in [4.78, 5) is -0.0642. The minimum absolute atomic E-state index is 0.0642. The Bertz CT molecular complexity index is 384. The van der Waals surface area contributed by atoms with Crippen LogP contribution in [0.5, 0.6) is 0 Å². The third-order valence-electron chi connectivity index (χ3n) is 3.73. The van der Waals surface area contributed by atoms with Gasteiger partial charge >= 0.3 is 0 Å². The van der Waals surface area contributed by atoms with Crippen molar-refractivity contribution in [3.63, 3.8) is 0 Å². The van der Waals surface area contributed by atoms with Gasteiger partial charge in [-0.05, 0) is 42.9 Å². The lowest BCUT2D eigenvalue weighted by atomic mass is 9.80. The average Bonchev–Trinajstić information content (AvgIpc) is 2.32. The van der Waals surface area contributed by atoms with Crippen molar-refractivity contribution in [3.8, 4) is 0 Å². The first kappa shape index (κ1) is 13.0. The maximum Gasteiger partial charge on any atom is 0.127 e. The molecule has 1 aliphatic carbocycles. The van der Waals surface area contributed by atoms with Crippen molar-refractivity contribution in [1.29, 1.82) is 0 Å². The lowest BCUT2D eigenvalue weighted by Crippen LogP contribution is -2.17. The molecule has 1 atom stereocenters. The molecule has 17 heavy (non-hydrogen) atoms. The summed E-state index contributed by atoms with van der Waals surface area (Å²) in [6.07, 6.45) is 4.55. The number of halogens is 3. The van der Waals surface area contributed by atoms with E-state index in [-0.39, 0.29) is 16.5 Å². The zero-order chi connectivity index (χ0) is 12.4. The molecule has 1 unspecified atom stereocenters. The zero-order valence-corrected chi connectivity index (χ0v) is 11.5. The zero-order valence-electron chi connectivity index (χ0n) is 9.93. The third-order valence-corrected chi connectivity index (χ3v) is 4.97. The molecule has 1 aromatic carbocycles. The molecule has 0 spiro atoms. The Kier molecular flexibility index (Phi) is 4.18. The predicted molar refractivity (Wildman–Crippen MR) is 69.1 cm³/mol. The van der Waals surface area contributed by atoms with Gasteiger partial charge < -0.3 is 0 Å². The number of hydrogen-bond donors (Lipinski definition) is 0. The van der Waals surface area contributed by atoms with E-state index in [9.17, 15) is 8.78 Å². The molecule has 0 saturated heterocycles. The van der Waals surface area contributed by atoms with Crippen molar-refractivity contribution < 1.29 is 8.78 Å². The molecule has 1 saturated carbocycles. The molecule has 0 amide bonds. The Morgan fingerprint density at radius 1 is 1.18 bits per heavy atom. The van der Waals surface area contributed by atoms with Gasteiger partial charge in [0.25, 0.3) is 0 Å². The van der Waals surface area contributed by atoms with E-state index < -0.39 is 0 Å². The Balaban J connectivity index is 2.13. The number of alkyl halides is 1. The number of hydrogen-bond acceptors (Lipinski definition) is 0. The number of rotatable bonds is 2. The van der Waals surface area contributed by atoms with Gasteiger partial charge in [-0.3, -0.25) is 0 Å². The second-order valence-electron chi connectivity index (χ2n) is 5.09. The van der Waals surface area contributed by atoms with Crippen molar-refractivity contribution in [1.82, 2.24) is 0 Å². The van der Waals surface area contributed by atoms with Crippen molar-refractivity contribution >= 4 is 15.9 Å². The van der Waals surface area contributed by atoms with Crippen LogP contribution in [0, 0.1) is 23.5 Å². The Labute approximate surface area is 110 Å². The molecular formula is C14H17BrF2. The molecule has 0 nitrogen and oxygen atoms in total. The van der Waals surface area contributed by atoms with Crippen LogP contribution in [-0.2, 0) is 0 Å². The summed E-state index contributed by atoms with van der Waals surface area (Å²) in [7, 11) is 0. The van der Waals surface area contributed by atoms with Crippen molar-refractivity contribution in [2.75, 3.05) is 0 Å². The van der Waals surface area contributed by atoms with Crippen LogP contribution < -0.4 is 0 Å². The molecule has 0 bridgehead atoms. The summed E-state index contributed by atoms with van der Waals surface area (Å²) in [5.74, 6) is 0.507. The van der Waals surface area contributed by atoms with Crippen LogP contribution in [0.25, 0.3) is 0 Å². The molecule has 1 aliphatic rings. The molecule has 1 fully saturated rings. The maximum absolute atomic E-state index is 13.7. The van der Waals surface area contributed by atoms with E-state index in [4.69, 9.17) is 0 Å². The second kappa shape index (κ2) is 5.47. The lowest BCUT2D eigenvalue weighted by Gasteiger charge is -2.30. The van der Waals surface area contributed by atoms with Gasteiger partial charge in [0, 0.05) is 10.4 Å². The summed E-state index contributed by atoms with van der Waals surface area (Å²) in [5.41, 5.74) is 0.463. The molecule has 94 valence electrons. The SMILES string of the molecule is CC1CCC(C(Br)c2cc(F)ccc2F)CC1. The van der Waals surface area contributed by atoms with Gasteiger partial charge in [0.05, 0.1) is 0 Å². The fourth-order valence-electron chi connectivity index (χ4n) is 2.56. The Hall–Kier alpha value is -0.440. The van der Waals surface area contributed by atoms with E-state index in [1.165, 1.54) is 31.0 Å². The number of benzene rings is 1. The highest BCUT2D eigenvalue weighted by Crippen LogP contribution is 2.42. The van der Waals surface area contributed by atoms with E-state index >= 15 is 0 Å². The van der Waals surface area contributed by atoms with Crippen LogP contribution >= 0.6 is 15.9 Å². The monoisotopic (exact) mass is 302 g/mol. The molecule has 0 aliphatic heterocycles. The molecule has 0 N–H and O–H groups in total. The Morgan fingerprint density at radius 2 is 1.82 bits per heavy atom. The van der Waals surface area contributed by atoms with Gasteiger partial charge in [-0.1, -0.05) is 35.7 Å². The van der Waals surface area contributed by atoms with E-state index in [1.807, 2.05) is 0 Å². The van der Waals surface area contributed by atoms with E-state index in [1.54, 1.807) is 0 Å². The summed E-state index contributed by atoms with van der Waals surface area (Å²) in [6.45, 7) is 2.25. The first-order valence-electron chi connectivity index (χ1n) is 6.17. The Morgan fingerprint density at radius 3 is 2.47 bits per heavy atom. The highest BCUT2D eigenvalue weighted by molar-refractivity contribution is 9.09. The van der Waals surface area contributed by atoms with Crippen LogP contribution in [0.4, 0.5) is 8.78 Å². The molecule has 0 aromatic heterocycles. The standard InChI is InChI=1S/C14H17BrF2/c1-9-2-4-10(5-3-9)14(15)12-8-11(16)6-7-13(12)17/h6-10,14H,2-5H2,1H3. The third kappa shape index (κ3) is 3.06. The summed E-state index contributed by atoms with van der Waals surface area (Å²) in [5, 5.41) is 0. The van der Waals surface area contributed by atoms with Crippen molar-refractivity contribution in [2.24, 2.45) is 11.8 Å². The quantitative estimate of drug-likeness (QED) is 0.656. The van der Waals surface area contributed by atoms with E-state index in [2.05, 4.69) is 22.9 Å². The normalized spacial score (nSPS) is 26.8. The van der Waals surface area contributed by atoms with Crippen molar-refractivity contribution in [2.45, 2.75) is 37.4 Å². The van der Waals surface area contributed by atoms with Gasteiger partial charge in [0.1, 0.15) is 11.6 Å². The molecule has 2 rings (SSSR count). The minimum Gasteiger partial charge on any atom is -0.207 e. The maximum atomic E-state index is 13.7. The van der Waals surface area contributed by atoms with Gasteiger partial charge in [0.2, 0.25) is 0 Å². The highest BCUT2D eigenvalue weighted by Gasteiger charge is 2.27. The second-order valence-corrected chi connectivity index (χ2v) is 6.07. The van der Waals surface area contributed by atoms with Gasteiger partial charge in [-0.25, -0.2) is 8.78 Å². The van der Waals surface area contributed by atoms with E-state index in [0.29, 0.717) is 11.5 Å². The minimum atomic E-state index is -0.366. The molecule has 0 radical (unpaired) electrons. The van der Waals surface area contributed by atoms with Gasteiger partial charge in [-0.2, -0.15) is 0 Å². The van der Waals surface area contributed by atoms with Crippen LogP contribution in [-0.4, -0.2) is 0 Å². The first-order valence-corrected chi connectivity index (χ1v) is 7.08. The largest absolute Gasteiger partial charge is 0.207 e. The summed E-state index contributed by atoms with van der Waals surface area (Å²) in [6, 6.07) is 3.69. The molecule has 0 heterocycles. The first-order chi connectivity index (χ1) is 8.08. The lowest BCUT2D eigenvalue weighted by molar-refractivity contribution is 0.285. The molecule has 3 heteroatoms. The van der Waals surface area contributed by atoms with E-state index in [0.717, 1.165) is 18.8 Å². The summed E-state index contributed by atoms with van der Waals surface area (Å²) < 4.78 is 26.8. The topological polar surface area (TPSA) is 0 Å². The fourth-order valence-corrected chi connectivity index (χ4v) is 3.44. The fraction of sp³-hybridized carbons (Fsp3) is 0.571. The average molecular weight is 303 g/mol. The van der Waals surface area contributed by atoms with Crippen LogP contribution in [0.1, 0.15) is 43.0 Å². The predicted octanol–water partition coefficient (Wildman–Crippen LogP) is 5.23. The molecule has 1 aromatic rings. The van der Waals surface area contributed by atoms with Crippen LogP contribution in [0.3, 0.4) is 0 Å².